The van der Waals surface area contributed by atoms with Crippen molar-refractivity contribution in [1.82, 2.24) is 9.80 Å². The third-order valence-electron chi connectivity index (χ3n) is 4.02. The van der Waals surface area contributed by atoms with E-state index in [1.54, 1.807) is 0 Å². The van der Waals surface area contributed by atoms with E-state index in [0.29, 0.717) is 12.1 Å². The van der Waals surface area contributed by atoms with Gasteiger partial charge in [0.15, 0.2) is 0 Å². The van der Waals surface area contributed by atoms with Crippen LogP contribution in [0.1, 0.15) is 30.9 Å². The number of nitrogens with two attached hydrogens (primary N) is 1. The molecule has 3 nitrogen and oxygen atoms in total. The predicted octanol–water partition coefficient (Wildman–Crippen LogP) is 2.10. The smallest absolute Gasteiger partial charge is 0.0363 e. The monoisotopic (exact) mass is 261 g/mol. The van der Waals surface area contributed by atoms with Crippen LogP contribution in [0.5, 0.6) is 0 Å². The first-order valence-electron chi connectivity index (χ1n) is 7.38. The molecule has 0 aromatic heterocycles. The van der Waals surface area contributed by atoms with Gasteiger partial charge in [-0.1, -0.05) is 30.3 Å². The van der Waals surface area contributed by atoms with Crippen molar-refractivity contribution in [3.8, 4) is 0 Å². The summed E-state index contributed by atoms with van der Waals surface area (Å²) < 4.78 is 0. The highest BCUT2D eigenvalue weighted by atomic mass is 15.2. The van der Waals surface area contributed by atoms with E-state index in [-0.39, 0.29) is 0 Å². The molecule has 1 saturated heterocycles. The summed E-state index contributed by atoms with van der Waals surface area (Å²) in [7, 11) is 4.33. The van der Waals surface area contributed by atoms with Gasteiger partial charge < -0.3 is 10.6 Å². The fourth-order valence-electron chi connectivity index (χ4n) is 3.24. The predicted molar refractivity (Wildman–Crippen MR) is 81.1 cm³/mol. The summed E-state index contributed by atoms with van der Waals surface area (Å²) in [6.45, 7) is 3.11. The lowest BCUT2D eigenvalue weighted by molar-refractivity contribution is 0.147. The van der Waals surface area contributed by atoms with Crippen LogP contribution in [0.25, 0.3) is 0 Å². The minimum absolute atomic E-state index is 0.485. The first kappa shape index (κ1) is 14.5. The second-order valence-electron chi connectivity index (χ2n) is 5.80. The molecular weight excluding hydrogens is 234 g/mol. The highest BCUT2D eigenvalue weighted by Gasteiger charge is 2.31. The van der Waals surface area contributed by atoms with E-state index in [1.807, 2.05) is 0 Å². The summed E-state index contributed by atoms with van der Waals surface area (Å²) in [5.74, 6) is 0. The molecular formula is C16H27N3. The van der Waals surface area contributed by atoms with Gasteiger partial charge in [-0.2, -0.15) is 0 Å². The summed E-state index contributed by atoms with van der Waals surface area (Å²) in [6, 6.07) is 12.0. The molecule has 0 aliphatic carbocycles. The van der Waals surface area contributed by atoms with Crippen LogP contribution in [-0.2, 0) is 0 Å². The average molecular weight is 261 g/mol. The van der Waals surface area contributed by atoms with Gasteiger partial charge in [0.05, 0.1) is 0 Å². The first-order valence-corrected chi connectivity index (χ1v) is 7.38. The van der Waals surface area contributed by atoms with Crippen molar-refractivity contribution in [3.05, 3.63) is 35.9 Å². The van der Waals surface area contributed by atoms with Crippen molar-refractivity contribution in [2.24, 2.45) is 5.73 Å². The molecule has 1 aromatic rings. The molecule has 1 aliphatic heterocycles. The van der Waals surface area contributed by atoms with E-state index < -0.39 is 0 Å². The van der Waals surface area contributed by atoms with Crippen LogP contribution in [0.15, 0.2) is 30.3 Å². The van der Waals surface area contributed by atoms with E-state index in [0.717, 1.165) is 19.5 Å². The largest absolute Gasteiger partial charge is 0.330 e. The highest BCUT2D eigenvalue weighted by molar-refractivity contribution is 5.19. The molecule has 1 aromatic carbocycles. The lowest BCUT2D eigenvalue weighted by atomic mass is 10.0. The van der Waals surface area contributed by atoms with Crippen LogP contribution in [0.4, 0.5) is 0 Å². The zero-order valence-corrected chi connectivity index (χ0v) is 12.3. The van der Waals surface area contributed by atoms with Gasteiger partial charge in [0, 0.05) is 18.6 Å². The molecule has 2 rings (SSSR count). The van der Waals surface area contributed by atoms with Crippen molar-refractivity contribution in [1.29, 1.82) is 0 Å². The fourth-order valence-corrected chi connectivity index (χ4v) is 3.24. The summed E-state index contributed by atoms with van der Waals surface area (Å²) in [4.78, 5) is 4.97. The lowest BCUT2D eigenvalue weighted by Crippen LogP contribution is -2.40. The molecule has 2 unspecified atom stereocenters. The number of benzene rings is 1. The first-order chi connectivity index (χ1) is 9.22. The summed E-state index contributed by atoms with van der Waals surface area (Å²) in [5, 5.41) is 0. The third kappa shape index (κ3) is 3.78. The quantitative estimate of drug-likeness (QED) is 0.851. The molecule has 2 N–H and O–H groups in total. The van der Waals surface area contributed by atoms with E-state index in [1.165, 1.54) is 24.9 Å². The number of nitrogens with zero attached hydrogens (tertiary/aromatic N) is 2. The van der Waals surface area contributed by atoms with E-state index in [9.17, 15) is 0 Å². The Balaban J connectivity index is 2.14. The van der Waals surface area contributed by atoms with Gasteiger partial charge in [-0.15, -0.1) is 0 Å². The van der Waals surface area contributed by atoms with E-state index in [2.05, 4.69) is 54.2 Å². The van der Waals surface area contributed by atoms with Crippen molar-refractivity contribution in [2.45, 2.75) is 31.3 Å². The zero-order valence-electron chi connectivity index (χ0n) is 12.3. The second-order valence-corrected chi connectivity index (χ2v) is 5.80. The van der Waals surface area contributed by atoms with Crippen LogP contribution in [0, 0.1) is 0 Å². The molecule has 2 atom stereocenters. The Morgan fingerprint density at radius 3 is 2.68 bits per heavy atom. The van der Waals surface area contributed by atoms with Gasteiger partial charge >= 0.3 is 0 Å². The molecule has 0 saturated carbocycles. The molecule has 106 valence electrons. The second kappa shape index (κ2) is 7.04. The third-order valence-corrected chi connectivity index (χ3v) is 4.02. The Morgan fingerprint density at radius 1 is 1.32 bits per heavy atom. The summed E-state index contributed by atoms with van der Waals surface area (Å²) in [6.07, 6.45) is 3.67. The molecule has 0 radical (unpaired) electrons. The summed E-state index contributed by atoms with van der Waals surface area (Å²) >= 11 is 0. The lowest BCUT2D eigenvalue weighted by Gasteiger charge is -2.34. The number of rotatable bonds is 6. The Hall–Kier alpha value is -0.900. The Morgan fingerprint density at radius 2 is 2.05 bits per heavy atom. The van der Waals surface area contributed by atoms with Gasteiger partial charge in [0.2, 0.25) is 0 Å². The zero-order chi connectivity index (χ0) is 13.7. The fraction of sp³-hybridized carbons (Fsp3) is 0.625. The van der Waals surface area contributed by atoms with Gasteiger partial charge in [0.1, 0.15) is 0 Å². The number of hydrogen-bond donors (Lipinski definition) is 1. The van der Waals surface area contributed by atoms with Gasteiger partial charge in [-0.05, 0) is 52.0 Å². The van der Waals surface area contributed by atoms with Crippen LogP contribution in [0.2, 0.25) is 0 Å². The molecule has 1 fully saturated rings. The Kier molecular flexibility index (Phi) is 5.37. The summed E-state index contributed by atoms with van der Waals surface area (Å²) in [5.41, 5.74) is 7.26. The molecule has 19 heavy (non-hydrogen) atoms. The van der Waals surface area contributed by atoms with Crippen molar-refractivity contribution in [2.75, 3.05) is 33.7 Å². The maximum Gasteiger partial charge on any atom is 0.0363 e. The standard InChI is InChI=1S/C16H27N3/c1-18(2)13-15-9-6-12-19(15)16(10-11-17)14-7-4-3-5-8-14/h3-5,7-8,15-16H,6,9-13,17H2,1-2H3. The number of likely N-dealkylation sites (N-methyl/N-ethyl adjacent to an activating group) is 1. The van der Waals surface area contributed by atoms with E-state index in [4.69, 9.17) is 5.73 Å². The van der Waals surface area contributed by atoms with Crippen molar-refractivity contribution < 1.29 is 0 Å². The molecule has 3 heteroatoms. The molecule has 1 aliphatic rings. The van der Waals surface area contributed by atoms with Crippen LogP contribution >= 0.6 is 0 Å². The number of likely N-dealkylation sites (tertiary alicyclic amines) is 1. The van der Waals surface area contributed by atoms with Gasteiger partial charge in [-0.25, -0.2) is 0 Å². The van der Waals surface area contributed by atoms with Crippen LogP contribution < -0.4 is 5.73 Å². The Labute approximate surface area is 117 Å². The molecule has 0 bridgehead atoms. The Bertz CT molecular complexity index is 364. The minimum atomic E-state index is 0.485. The van der Waals surface area contributed by atoms with Crippen LogP contribution in [-0.4, -0.2) is 49.6 Å². The highest BCUT2D eigenvalue weighted by Crippen LogP contribution is 2.31. The van der Waals surface area contributed by atoms with Gasteiger partial charge in [0.25, 0.3) is 0 Å². The molecule has 0 spiro atoms. The number of hydrogen-bond acceptors (Lipinski definition) is 3. The maximum absolute atomic E-state index is 5.84. The van der Waals surface area contributed by atoms with Crippen molar-refractivity contribution >= 4 is 0 Å². The maximum atomic E-state index is 5.84. The average Bonchev–Trinajstić information content (AvgIpc) is 2.84. The normalized spacial score (nSPS) is 22.0. The topological polar surface area (TPSA) is 32.5 Å². The van der Waals surface area contributed by atoms with Crippen molar-refractivity contribution in [3.63, 3.8) is 0 Å². The minimum Gasteiger partial charge on any atom is -0.330 e. The van der Waals surface area contributed by atoms with Gasteiger partial charge in [-0.3, -0.25) is 4.90 Å². The van der Waals surface area contributed by atoms with Crippen LogP contribution in [0.3, 0.4) is 0 Å². The molecule has 0 amide bonds. The SMILES string of the molecule is CN(C)CC1CCCN1C(CCN)c1ccccc1. The van der Waals surface area contributed by atoms with E-state index >= 15 is 0 Å². The molecule has 1 heterocycles.